The Morgan fingerprint density at radius 3 is 1.92 bits per heavy atom. The number of hydrogen-bond donors (Lipinski definition) is 0. The summed E-state index contributed by atoms with van der Waals surface area (Å²) in [5.74, 6) is -0.317. The lowest BCUT2D eigenvalue weighted by molar-refractivity contribution is 0.0601. The molecule has 0 N–H and O–H groups in total. The second-order valence-electron chi connectivity index (χ2n) is 5.73. The smallest absolute Gasteiger partial charge is 0.338 e. The highest BCUT2D eigenvalue weighted by Gasteiger charge is 2.17. The van der Waals surface area contributed by atoms with E-state index in [4.69, 9.17) is 4.74 Å². The van der Waals surface area contributed by atoms with Crippen LogP contribution in [-0.2, 0) is 4.74 Å². The number of benzene rings is 4. The van der Waals surface area contributed by atoms with Crippen molar-refractivity contribution < 1.29 is 9.53 Å². The summed E-state index contributed by atoms with van der Waals surface area (Å²) in [4.78, 5) is 12.3. The van der Waals surface area contributed by atoms with Gasteiger partial charge < -0.3 is 4.74 Å². The van der Waals surface area contributed by atoms with Gasteiger partial charge in [0.25, 0.3) is 0 Å². The van der Waals surface area contributed by atoms with Crippen molar-refractivity contribution in [2.45, 2.75) is 0 Å². The molecule has 2 nitrogen and oxygen atoms in total. The first kappa shape index (κ1) is 14.5. The summed E-state index contributed by atoms with van der Waals surface area (Å²) in [6.07, 6.45) is 0. The molecule has 0 aliphatic carbocycles. The van der Waals surface area contributed by atoms with E-state index in [0.717, 1.165) is 32.7 Å². The Hall–Kier alpha value is -3.13. The number of ether oxygens (including phenoxy) is 1. The molecule has 0 aliphatic heterocycles. The lowest BCUT2D eigenvalue weighted by atomic mass is 9.90. The largest absolute Gasteiger partial charge is 0.465 e. The van der Waals surface area contributed by atoms with Crippen molar-refractivity contribution in [2.75, 3.05) is 7.11 Å². The van der Waals surface area contributed by atoms with Crippen molar-refractivity contribution in [3.8, 4) is 11.1 Å². The van der Waals surface area contributed by atoms with Crippen LogP contribution in [-0.4, -0.2) is 13.1 Å². The summed E-state index contributed by atoms with van der Waals surface area (Å²) in [5, 5.41) is 4.58. The number of fused-ring (bicyclic) bond motifs is 2. The van der Waals surface area contributed by atoms with Crippen LogP contribution < -0.4 is 0 Å². The monoisotopic (exact) mass is 312 g/mol. The van der Waals surface area contributed by atoms with Crippen molar-refractivity contribution in [3.63, 3.8) is 0 Å². The molecule has 0 atom stereocenters. The molecule has 0 bridgehead atoms. The van der Waals surface area contributed by atoms with E-state index in [1.165, 1.54) is 7.11 Å². The molecule has 0 aliphatic rings. The van der Waals surface area contributed by atoms with Gasteiger partial charge in [-0.25, -0.2) is 4.79 Å². The lowest BCUT2D eigenvalue weighted by Gasteiger charge is -2.14. The number of methoxy groups -OCH3 is 1. The Labute approximate surface area is 140 Å². The third-order valence-electron chi connectivity index (χ3n) is 4.37. The maximum Gasteiger partial charge on any atom is 0.338 e. The molecule has 2 heteroatoms. The van der Waals surface area contributed by atoms with Crippen LogP contribution in [0.3, 0.4) is 0 Å². The Bertz CT molecular complexity index is 1010. The van der Waals surface area contributed by atoms with Crippen molar-refractivity contribution in [1.29, 1.82) is 0 Å². The van der Waals surface area contributed by atoms with E-state index in [1.54, 1.807) is 0 Å². The highest BCUT2D eigenvalue weighted by molar-refractivity contribution is 6.15. The topological polar surface area (TPSA) is 26.3 Å². The van der Waals surface area contributed by atoms with Crippen LogP contribution in [0, 0.1) is 0 Å². The summed E-state index contributed by atoms with van der Waals surface area (Å²) in [7, 11) is 1.42. The Morgan fingerprint density at radius 2 is 1.29 bits per heavy atom. The van der Waals surface area contributed by atoms with Crippen LogP contribution in [0.25, 0.3) is 32.7 Å². The highest BCUT2D eigenvalue weighted by Crippen LogP contribution is 2.37. The zero-order chi connectivity index (χ0) is 16.5. The van der Waals surface area contributed by atoms with Crippen LogP contribution in [0.1, 0.15) is 10.4 Å². The van der Waals surface area contributed by atoms with Crippen LogP contribution in [0.15, 0.2) is 78.9 Å². The maximum atomic E-state index is 12.3. The summed E-state index contributed by atoms with van der Waals surface area (Å²) in [6, 6.07) is 26.4. The molecule has 0 aromatic heterocycles. The van der Waals surface area contributed by atoms with E-state index in [0.29, 0.717) is 5.56 Å². The van der Waals surface area contributed by atoms with Gasteiger partial charge in [-0.15, -0.1) is 0 Å². The Morgan fingerprint density at radius 1 is 0.750 bits per heavy atom. The number of hydrogen-bond acceptors (Lipinski definition) is 2. The van der Waals surface area contributed by atoms with E-state index >= 15 is 0 Å². The Balaban J connectivity index is 2.18. The molecule has 0 saturated heterocycles. The fourth-order valence-corrected chi connectivity index (χ4v) is 3.29. The minimum Gasteiger partial charge on any atom is -0.465 e. The number of esters is 1. The van der Waals surface area contributed by atoms with Gasteiger partial charge >= 0.3 is 5.97 Å². The zero-order valence-corrected chi connectivity index (χ0v) is 13.3. The van der Waals surface area contributed by atoms with E-state index < -0.39 is 0 Å². The summed E-state index contributed by atoms with van der Waals surface area (Å²) in [5.41, 5.74) is 2.56. The van der Waals surface area contributed by atoms with Gasteiger partial charge in [0, 0.05) is 0 Å². The van der Waals surface area contributed by atoms with Gasteiger partial charge in [-0.05, 0) is 44.8 Å². The average molecular weight is 312 g/mol. The van der Waals surface area contributed by atoms with Crippen molar-refractivity contribution in [2.24, 2.45) is 0 Å². The summed E-state index contributed by atoms with van der Waals surface area (Å²) < 4.78 is 4.98. The molecule has 0 amide bonds. The number of rotatable bonds is 2. The second kappa shape index (κ2) is 5.82. The van der Waals surface area contributed by atoms with E-state index in [1.807, 2.05) is 48.5 Å². The van der Waals surface area contributed by atoms with Gasteiger partial charge in [0.05, 0.1) is 12.7 Å². The fraction of sp³-hybridized carbons (Fsp3) is 0.0455. The minimum absolute atomic E-state index is 0.317. The number of carbonyl (C=O) groups is 1. The fourth-order valence-electron chi connectivity index (χ4n) is 3.29. The molecule has 4 aromatic rings. The molecule has 0 heterocycles. The van der Waals surface area contributed by atoms with Crippen LogP contribution in [0.2, 0.25) is 0 Å². The number of carbonyl (C=O) groups excluding carboxylic acids is 1. The zero-order valence-electron chi connectivity index (χ0n) is 13.3. The molecule has 0 saturated carbocycles. The SMILES string of the molecule is COC(=O)c1ccccc1-c1c2ccccc2cc2ccccc12. The molecule has 116 valence electrons. The van der Waals surface area contributed by atoms with Crippen molar-refractivity contribution >= 4 is 27.5 Å². The predicted molar refractivity (Wildman–Crippen MR) is 98.2 cm³/mol. The molecule has 4 aromatic carbocycles. The molecule has 0 fully saturated rings. The normalized spacial score (nSPS) is 10.9. The van der Waals surface area contributed by atoms with Gasteiger partial charge in [0.1, 0.15) is 0 Å². The summed E-state index contributed by atoms with van der Waals surface area (Å²) >= 11 is 0. The third-order valence-corrected chi connectivity index (χ3v) is 4.37. The molecule has 24 heavy (non-hydrogen) atoms. The van der Waals surface area contributed by atoms with Crippen LogP contribution >= 0.6 is 0 Å². The van der Waals surface area contributed by atoms with Gasteiger partial charge in [0.15, 0.2) is 0 Å². The molecule has 0 radical (unpaired) electrons. The molecular formula is C22H16O2. The average Bonchev–Trinajstić information content (AvgIpc) is 2.65. The second-order valence-corrected chi connectivity index (χ2v) is 5.73. The van der Waals surface area contributed by atoms with Crippen molar-refractivity contribution in [3.05, 3.63) is 84.4 Å². The highest BCUT2D eigenvalue weighted by atomic mass is 16.5. The first-order valence-corrected chi connectivity index (χ1v) is 7.88. The molecule has 0 unspecified atom stereocenters. The standard InChI is InChI=1S/C22H16O2/c1-24-22(23)20-13-7-6-12-19(20)21-17-10-4-2-8-15(17)14-16-9-3-5-11-18(16)21/h2-14H,1H3. The molecule has 0 spiro atoms. The van der Waals surface area contributed by atoms with E-state index in [-0.39, 0.29) is 5.97 Å². The van der Waals surface area contributed by atoms with Crippen molar-refractivity contribution in [1.82, 2.24) is 0 Å². The first-order chi connectivity index (χ1) is 11.8. The van der Waals surface area contributed by atoms with Gasteiger partial charge in [-0.2, -0.15) is 0 Å². The van der Waals surface area contributed by atoms with Gasteiger partial charge in [-0.3, -0.25) is 0 Å². The predicted octanol–water partition coefficient (Wildman–Crippen LogP) is 5.45. The molecule has 4 rings (SSSR count). The lowest BCUT2D eigenvalue weighted by Crippen LogP contribution is -2.03. The minimum atomic E-state index is -0.317. The van der Waals surface area contributed by atoms with Crippen LogP contribution in [0.4, 0.5) is 0 Å². The van der Waals surface area contributed by atoms with Crippen LogP contribution in [0.5, 0.6) is 0 Å². The van der Waals surface area contributed by atoms with Gasteiger partial charge in [-0.1, -0.05) is 66.7 Å². The quantitative estimate of drug-likeness (QED) is 0.363. The van der Waals surface area contributed by atoms with E-state index in [9.17, 15) is 4.79 Å². The van der Waals surface area contributed by atoms with Gasteiger partial charge in [0.2, 0.25) is 0 Å². The maximum absolute atomic E-state index is 12.3. The third kappa shape index (κ3) is 2.24. The first-order valence-electron chi connectivity index (χ1n) is 7.88. The molecular weight excluding hydrogens is 296 g/mol. The van der Waals surface area contributed by atoms with E-state index in [2.05, 4.69) is 30.3 Å². The summed E-state index contributed by atoms with van der Waals surface area (Å²) in [6.45, 7) is 0. The Kier molecular flexibility index (Phi) is 3.51.